The molecule has 4 nitrogen and oxygen atoms in total. The summed E-state index contributed by atoms with van der Waals surface area (Å²) in [5.74, 6) is 0.702. The maximum absolute atomic E-state index is 12.8. The lowest BCUT2D eigenvalue weighted by Crippen LogP contribution is -2.24. The molecule has 2 aromatic rings. The van der Waals surface area contributed by atoms with Gasteiger partial charge in [0.15, 0.2) is 0 Å². The molecule has 0 spiro atoms. The first kappa shape index (κ1) is 20.3. The van der Waals surface area contributed by atoms with Crippen molar-refractivity contribution in [2.24, 2.45) is 10.8 Å². The second-order valence-electron chi connectivity index (χ2n) is 7.37. The van der Waals surface area contributed by atoms with Crippen LogP contribution in [0.25, 0.3) is 0 Å². The number of rotatable bonds is 6. The van der Waals surface area contributed by atoms with Gasteiger partial charge < -0.3 is 9.47 Å². The average molecular weight is 416 g/mol. The van der Waals surface area contributed by atoms with E-state index in [-0.39, 0.29) is 9.91 Å². The highest BCUT2D eigenvalue weighted by Gasteiger charge is 2.66. The first-order valence-electron chi connectivity index (χ1n) is 8.75. The second-order valence-corrected chi connectivity index (χ2v) is 8.38. The maximum atomic E-state index is 12.8. The molecule has 1 aliphatic carbocycles. The number of nitrogens with zero attached hydrogens (tertiary/aromatic N) is 1. The SMILES string of the molecule is CC1(C)CC1(C=C(Cl)Cl)C(=O)O[C@H](C#N)c1cccc(Oc2ccccc2)c1. The van der Waals surface area contributed by atoms with E-state index in [4.69, 9.17) is 32.7 Å². The lowest BCUT2D eigenvalue weighted by atomic mass is 9.96. The van der Waals surface area contributed by atoms with Gasteiger partial charge in [-0.3, -0.25) is 4.79 Å². The Bertz CT molecular complexity index is 946. The molecule has 0 N–H and O–H groups in total. The van der Waals surface area contributed by atoms with Crippen LogP contribution in [-0.2, 0) is 9.53 Å². The van der Waals surface area contributed by atoms with Crippen molar-refractivity contribution in [2.75, 3.05) is 0 Å². The highest BCUT2D eigenvalue weighted by molar-refractivity contribution is 6.56. The fourth-order valence-electron chi connectivity index (χ4n) is 3.24. The molecule has 1 aliphatic rings. The summed E-state index contributed by atoms with van der Waals surface area (Å²) in [6, 6.07) is 18.2. The molecule has 0 aliphatic heterocycles. The number of benzene rings is 2. The lowest BCUT2D eigenvalue weighted by molar-refractivity contribution is -0.152. The Morgan fingerprint density at radius 1 is 1.14 bits per heavy atom. The zero-order chi connectivity index (χ0) is 20.4. The number of carbonyl (C=O) groups excluding carboxylic acids is 1. The fraction of sp³-hybridized carbons (Fsp3) is 0.273. The number of carbonyl (C=O) groups is 1. The monoisotopic (exact) mass is 415 g/mol. The van der Waals surface area contributed by atoms with Crippen LogP contribution in [0.5, 0.6) is 11.5 Å². The van der Waals surface area contributed by atoms with E-state index in [1.807, 2.05) is 50.2 Å². The van der Waals surface area contributed by atoms with E-state index in [2.05, 4.69) is 0 Å². The van der Waals surface area contributed by atoms with Gasteiger partial charge in [0.05, 0.1) is 5.41 Å². The van der Waals surface area contributed by atoms with Crippen LogP contribution in [0, 0.1) is 22.2 Å². The lowest BCUT2D eigenvalue weighted by Gasteiger charge is -2.19. The fourth-order valence-corrected chi connectivity index (χ4v) is 3.61. The molecule has 0 aromatic heterocycles. The van der Waals surface area contributed by atoms with E-state index < -0.39 is 17.5 Å². The second kappa shape index (κ2) is 7.87. The summed E-state index contributed by atoms with van der Waals surface area (Å²) >= 11 is 11.6. The largest absolute Gasteiger partial charge is 0.457 e. The van der Waals surface area contributed by atoms with Gasteiger partial charge in [0.25, 0.3) is 0 Å². The van der Waals surface area contributed by atoms with Crippen LogP contribution < -0.4 is 4.74 Å². The van der Waals surface area contributed by atoms with E-state index in [1.165, 1.54) is 6.08 Å². The van der Waals surface area contributed by atoms with Crippen LogP contribution in [0.3, 0.4) is 0 Å². The van der Waals surface area contributed by atoms with E-state index >= 15 is 0 Å². The minimum absolute atomic E-state index is 0.00860. The van der Waals surface area contributed by atoms with Crippen LogP contribution in [0.1, 0.15) is 31.9 Å². The molecule has 2 atom stereocenters. The van der Waals surface area contributed by atoms with Crippen molar-refractivity contribution in [3.8, 4) is 17.6 Å². The Hall–Kier alpha value is -2.48. The summed E-state index contributed by atoms with van der Waals surface area (Å²) < 4.78 is 11.3. The van der Waals surface area contributed by atoms with E-state index in [1.54, 1.807) is 24.3 Å². The van der Waals surface area contributed by atoms with Crippen LogP contribution in [0.4, 0.5) is 0 Å². The minimum Gasteiger partial charge on any atom is -0.457 e. The molecule has 2 aromatic carbocycles. The summed E-state index contributed by atoms with van der Waals surface area (Å²) in [4.78, 5) is 12.8. The predicted molar refractivity (Wildman–Crippen MR) is 108 cm³/mol. The number of para-hydroxylation sites is 1. The molecule has 1 unspecified atom stereocenters. The van der Waals surface area contributed by atoms with Crippen molar-refractivity contribution in [1.29, 1.82) is 5.26 Å². The topological polar surface area (TPSA) is 59.3 Å². The van der Waals surface area contributed by atoms with Crippen molar-refractivity contribution in [3.05, 3.63) is 70.7 Å². The molecule has 6 heteroatoms. The van der Waals surface area contributed by atoms with Crippen molar-refractivity contribution >= 4 is 29.2 Å². The standard InChI is InChI=1S/C22H19Cl2NO3/c1-21(2)14-22(21,12-19(23)24)20(26)28-18(13-25)15-7-6-10-17(11-15)27-16-8-4-3-5-9-16/h3-12,18H,14H2,1-2H3/t18-,22?/m1/s1. The third-order valence-electron chi connectivity index (χ3n) is 5.01. The molecule has 0 heterocycles. The molecule has 1 saturated carbocycles. The van der Waals surface area contributed by atoms with Crippen molar-refractivity contribution in [2.45, 2.75) is 26.4 Å². The van der Waals surface area contributed by atoms with Gasteiger partial charge >= 0.3 is 5.97 Å². The normalized spacial score (nSPS) is 20.4. The van der Waals surface area contributed by atoms with E-state index in [9.17, 15) is 10.1 Å². The van der Waals surface area contributed by atoms with Gasteiger partial charge in [0.1, 0.15) is 22.1 Å². The summed E-state index contributed by atoms with van der Waals surface area (Å²) in [5.41, 5.74) is -0.727. The summed E-state index contributed by atoms with van der Waals surface area (Å²) in [6.07, 6.45) is 0.987. The van der Waals surface area contributed by atoms with Gasteiger partial charge in [-0.25, -0.2) is 0 Å². The Morgan fingerprint density at radius 2 is 1.79 bits per heavy atom. The van der Waals surface area contributed by atoms with Crippen molar-refractivity contribution in [3.63, 3.8) is 0 Å². The number of ether oxygens (including phenoxy) is 2. The van der Waals surface area contributed by atoms with Gasteiger partial charge in [-0.2, -0.15) is 5.26 Å². The summed E-state index contributed by atoms with van der Waals surface area (Å²) in [6.45, 7) is 3.86. The third-order valence-corrected chi connectivity index (χ3v) is 5.22. The number of hydrogen-bond donors (Lipinski definition) is 0. The van der Waals surface area contributed by atoms with Gasteiger partial charge in [0, 0.05) is 5.56 Å². The van der Waals surface area contributed by atoms with E-state index in [0.29, 0.717) is 23.5 Å². The Labute approximate surface area is 174 Å². The Kier molecular flexibility index (Phi) is 5.69. The van der Waals surface area contributed by atoms with Gasteiger partial charge in [-0.1, -0.05) is 67.4 Å². The van der Waals surface area contributed by atoms with Crippen LogP contribution in [0.15, 0.2) is 65.2 Å². The number of nitriles is 1. The molecule has 1 fully saturated rings. The first-order valence-corrected chi connectivity index (χ1v) is 9.50. The molecule has 3 rings (SSSR count). The smallest absolute Gasteiger partial charge is 0.318 e. The third kappa shape index (κ3) is 4.16. The van der Waals surface area contributed by atoms with Gasteiger partial charge in [-0.15, -0.1) is 0 Å². The highest BCUT2D eigenvalue weighted by atomic mass is 35.5. The number of hydrogen-bond acceptors (Lipinski definition) is 4. The molecule has 144 valence electrons. The van der Waals surface area contributed by atoms with Crippen molar-refractivity contribution in [1.82, 2.24) is 0 Å². The minimum atomic E-state index is -1.07. The quantitative estimate of drug-likeness (QED) is 0.517. The number of esters is 1. The summed E-state index contributed by atoms with van der Waals surface area (Å²) in [5, 5.41) is 9.57. The van der Waals surface area contributed by atoms with Gasteiger partial charge in [0.2, 0.25) is 6.10 Å². The zero-order valence-corrected chi connectivity index (χ0v) is 17.0. The highest BCUT2D eigenvalue weighted by Crippen LogP contribution is 2.66. The Balaban J connectivity index is 1.79. The molecular formula is C22H19Cl2NO3. The van der Waals surface area contributed by atoms with Crippen LogP contribution >= 0.6 is 23.2 Å². The Morgan fingerprint density at radius 3 is 2.36 bits per heavy atom. The zero-order valence-electron chi connectivity index (χ0n) is 15.5. The van der Waals surface area contributed by atoms with Gasteiger partial charge in [-0.05, 0) is 42.2 Å². The molecule has 0 saturated heterocycles. The van der Waals surface area contributed by atoms with Crippen LogP contribution in [-0.4, -0.2) is 5.97 Å². The molecule has 0 radical (unpaired) electrons. The van der Waals surface area contributed by atoms with E-state index in [0.717, 1.165) is 0 Å². The molecule has 0 bridgehead atoms. The average Bonchev–Trinajstić information content (AvgIpc) is 3.21. The first-order chi connectivity index (χ1) is 13.3. The van der Waals surface area contributed by atoms with Crippen LogP contribution in [0.2, 0.25) is 0 Å². The maximum Gasteiger partial charge on any atom is 0.318 e. The van der Waals surface area contributed by atoms with Crippen molar-refractivity contribution < 1.29 is 14.3 Å². The molecule has 0 amide bonds. The molecular weight excluding hydrogens is 397 g/mol. The predicted octanol–water partition coefficient (Wildman–Crippen LogP) is 6.32. The summed E-state index contributed by atoms with van der Waals surface area (Å²) in [7, 11) is 0. The number of halogens is 2. The molecule has 28 heavy (non-hydrogen) atoms.